The summed E-state index contributed by atoms with van der Waals surface area (Å²) in [6.45, 7) is 5.07. The first-order chi connectivity index (χ1) is 10.9. The van der Waals surface area contributed by atoms with Crippen molar-refractivity contribution < 1.29 is 22.6 Å². The summed E-state index contributed by atoms with van der Waals surface area (Å²) in [6.07, 6.45) is -1.71. The average Bonchev–Trinajstić information content (AvgIpc) is 3.00. The van der Waals surface area contributed by atoms with Crippen molar-refractivity contribution in [1.29, 1.82) is 0 Å². The van der Waals surface area contributed by atoms with Gasteiger partial charge in [0.15, 0.2) is 0 Å². The van der Waals surface area contributed by atoms with Gasteiger partial charge in [0.05, 0.1) is 18.8 Å². The second-order valence-electron chi connectivity index (χ2n) is 6.33. The second kappa shape index (κ2) is 6.75. The minimum atomic E-state index is -4.47. The van der Waals surface area contributed by atoms with Gasteiger partial charge in [-0.3, -0.25) is 9.88 Å². The molecule has 3 rings (SSSR count). The van der Waals surface area contributed by atoms with E-state index in [0.717, 1.165) is 19.5 Å². The van der Waals surface area contributed by atoms with E-state index < -0.39 is 18.0 Å². The van der Waals surface area contributed by atoms with E-state index in [9.17, 15) is 13.2 Å². The number of likely N-dealkylation sites (tertiary alicyclic amines) is 1. The highest BCUT2D eigenvalue weighted by Crippen LogP contribution is 2.36. The summed E-state index contributed by atoms with van der Waals surface area (Å²) in [4.78, 5) is 6.20. The fourth-order valence-corrected chi connectivity index (χ4v) is 3.22. The maximum atomic E-state index is 13.4. The van der Waals surface area contributed by atoms with Gasteiger partial charge < -0.3 is 9.47 Å². The number of halogens is 3. The van der Waals surface area contributed by atoms with Crippen molar-refractivity contribution in [3.05, 3.63) is 29.1 Å². The van der Waals surface area contributed by atoms with Crippen LogP contribution < -0.4 is 0 Å². The van der Waals surface area contributed by atoms with Gasteiger partial charge in [0.1, 0.15) is 5.69 Å². The highest BCUT2D eigenvalue weighted by Gasteiger charge is 2.38. The second-order valence-corrected chi connectivity index (χ2v) is 6.33. The lowest BCUT2D eigenvalue weighted by molar-refractivity contribution is -0.143. The van der Waals surface area contributed by atoms with Gasteiger partial charge in [-0.15, -0.1) is 0 Å². The van der Waals surface area contributed by atoms with Gasteiger partial charge in [-0.2, -0.15) is 13.2 Å². The van der Waals surface area contributed by atoms with Crippen LogP contribution in [0.3, 0.4) is 0 Å². The fraction of sp³-hybridized carbons (Fsp3) is 0.688. The van der Waals surface area contributed by atoms with E-state index in [1.807, 2.05) is 0 Å². The van der Waals surface area contributed by atoms with E-state index >= 15 is 0 Å². The summed E-state index contributed by atoms with van der Waals surface area (Å²) in [7, 11) is 0. The van der Waals surface area contributed by atoms with Crippen LogP contribution in [0.2, 0.25) is 0 Å². The number of aromatic nitrogens is 1. The Labute approximate surface area is 133 Å². The lowest BCUT2D eigenvalue weighted by Crippen LogP contribution is -2.33. The van der Waals surface area contributed by atoms with E-state index in [0.29, 0.717) is 18.0 Å². The zero-order valence-corrected chi connectivity index (χ0v) is 13.1. The number of pyridine rings is 1. The van der Waals surface area contributed by atoms with Gasteiger partial charge in [-0.05, 0) is 36.9 Å². The summed E-state index contributed by atoms with van der Waals surface area (Å²) in [5.74, 6) is 0.582. The van der Waals surface area contributed by atoms with E-state index in [4.69, 9.17) is 9.47 Å². The molecule has 2 saturated heterocycles. The molecule has 0 saturated carbocycles. The third-order valence-electron chi connectivity index (χ3n) is 4.27. The third kappa shape index (κ3) is 4.02. The maximum absolute atomic E-state index is 13.4. The first kappa shape index (κ1) is 16.7. The normalized spacial score (nSPS) is 24.3. The smallest absolute Gasteiger partial charge is 0.345 e. The molecule has 0 aliphatic carbocycles. The van der Waals surface area contributed by atoms with Crippen molar-refractivity contribution in [1.82, 2.24) is 9.88 Å². The Bertz CT molecular complexity index is 545. The van der Waals surface area contributed by atoms with Crippen molar-refractivity contribution in [2.45, 2.75) is 38.8 Å². The molecule has 23 heavy (non-hydrogen) atoms. The van der Waals surface area contributed by atoms with Crippen molar-refractivity contribution in [2.24, 2.45) is 5.92 Å². The molecule has 3 heterocycles. The SMILES string of the molecule is C[C@@H]1CCCN(Cc2cnc(C3OCCO3)c(C(F)(F)F)c2)C1. The first-order valence-corrected chi connectivity index (χ1v) is 7.95. The largest absolute Gasteiger partial charge is 0.418 e. The molecule has 0 N–H and O–H groups in total. The van der Waals surface area contributed by atoms with Crippen LogP contribution in [0.15, 0.2) is 12.3 Å². The Kier molecular flexibility index (Phi) is 4.89. The standard InChI is InChI=1S/C16H21F3N2O2/c1-11-3-2-4-21(9-11)10-12-7-13(16(17,18)19)14(20-8-12)15-22-5-6-23-15/h7-8,11,15H,2-6,9-10H2,1H3/t11-/m1/s1. The number of hydrogen-bond acceptors (Lipinski definition) is 4. The summed E-state index contributed by atoms with van der Waals surface area (Å²) in [6, 6.07) is 1.19. The van der Waals surface area contributed by atoms with E-state index in [1.54, 1.807) is 0 Å². The van der Waals surface area contributed by atoms with Crippen LogP contribution in [0.5, 0.6) is 0 Å². The van der Waals surface area contributed by atoms with Crippen molar-refractivity contribution in [3.8, 4) is 0 Å². The van der Waals surface area contributed by atoms with Crippen molar-refractivity contribution >= 4 is 0 Å². The highest BCUT2D eigenvalue weighted by molar-refractivity contribution is 5.29. The topological polar surface area (TPSA) is 34.6 Å². The predicted molar refractivity (Wildman–Crippen MR) is 77.6 cm³/mol. The number of alkyl halides is 3. The third-order valence-corrected chi connectivity index (χ3v) is 4.27. The molecule has 4 nitrogen and oxygen atoms in total. The quantitative estimate of drug-likeness (QED) is 0.851. The molecule has 0 amide bonds. The zero-order chi connectivity index (χ0) is 16.4. The van der Waals surface area contributed by atoms with Gasteiger partial charge >= 0.3 is 6.18 Å². The van der Waals surface area contributed by atoms with E-state index in [1.165, 1.54) is 18.7 Å². The first-order valence-electron chi connectivity index (χ1n) is 7.95. The number of nitrogens with zero attached hydrogens (tertiary/aromatic N) is 2. The van der Waals surface area contributed by atoms with Gasteiger partial charge in [-0.1, -0.05) is 6.92 Å². The monoisotopic (exact) mass is 330 g/mol. The highest BCUT2D eigenvalue weighted by atomic mass is 19.4. The van der Waals surface area contributed by atoms with E-state index in [2.05, 4.69) is 16.8 Å². The lowest BCUT2D eigenvalue weighted by atomic mass is 9.99. The Balaban J connectivity index is 1.82. The Hall–Kier alpha value is -1.18. The van der Waals surface area contributed by atoms with Gasteiger partial charge in [0.25, 0.3) is 0 Å². The lowest BCUT2D eigenvalue weighted by Gasteiger charge is -2.31. The van der Waals surface area contributed by atoms with E-state index in [-0.39, 0.29) is 18.9 Å². The van der Waals surface area contributed by atoms with Gasteiger partial charge in [0, 0.05) is 19.3 Å². The Morgan fingerprint density at radius 1 is 1.30 bits per heavy atom. The Morgan fingerprint density at radius 2 is 2.04 bits per heavy atom. The summed E-state index contributed by atoms with van der Waals surface area (Å²) in [5, 5.41) is 0. The van der Waals surface area contributed by atoms with Crippen LogP contribution >= 0.6 is 0 Å². The molecule has 7 heteroatoms. The minimum Gasteiger partial charge on any atom is -0.345 e. The number of hydrogen-bond donors (Lipinski definition) is 0. The molecule has 2 aliphatic heterocycles. The zero-order valence-electron chi connectivity index (χ0n) is 13.1. The molecule has 0 spiro atoms. The minimum absolute atomic E-state index is 0.175. The van der Waals surface area contributed by atoms with Gasteiger partial charge in [-0.25, -0.2) is 0 Å². The van der Waals surface area contributed by atoms with Crippen LogP contribution in [0, 0.1) is 5.92 Å². The molecule has 1 atom stereocenters. The average molecular weight is 330 g/mol. The van der Waals surface area contributed by atoms with Crippen molar-refractivity contribution in [3.63, 3.8) is 0 Å². The Morgan fingerprint density at radius 3 is 2.70 bits per heavy atom. The van der Waals surface area contributed by atoms with Crippen LogP contribution in [-0.2, 0) is 22.2 Å². The predicted octanol–water partition coefficient (Wildman–Crippen LogP) is 3.38. The van der Waals surface area contributed by atoms with Crippen LogP contribution in [0.25, 0.3) is 0 Å². The molecule has 2 fully saturated rings. The summed E-state index contributed by atoms with van der Waals surface area (Å²) in [5.41, 5.74) is -0.356. The van der Waals surface area contributed by atoms with Crippen molar-refractivity contribution in [2.75, 3.05) is 26.3 Å². The molecule has 0 radical (unpaired) electrons. The van der Waals surface area contributed by atoms with Crippen LogP contribution in [0.1, 0.15) is 42.9 Å². The van der Waals surface area contributed by atoms with Crippen LogP contribution in [0.4, 0.5) is 13.2 Å². The number of rotatable bonds is 3. The van der Waals surface area contributed by atoms with Gasteiger partial charge in [0.2, 0.25) is 6.29 Å². The molecule has 1 aromatic heterocycles. The molecular formula is C16H21F3N2O2. The number of ether oxygens (including phenoxy) is 2. The molecule has 0 unspecified atom stereocenters. The summed E-state index contributed by atoms with van der Waals surface area (Å²) >= 11 is 0. The molecule has 1 aromatic rings. The number of piperidine rings is 1. The molecular weight excluding hydrogens is 309 g/mol. The maximum Gasteiger partial charge on any atom is 0.418 e. The molecule has 2 aliphatic rings. The molecule has 128 valence electrons. The fourth-order valence-electron chi connectivity index (χ4n) is 3.22. The summed E-state index contributed by atoms with van der Waals surface area (Å²) < 4.78 is 50.4. The molecule has 0 aromatic carbocycles. The van der Waals surface area contributed by atoms with Crippen LogP contribution in [-0.4, -0.2) is 36.2 Å². The molecule has 0 bridgehead atoms.